The first kappa shape index (κ1) is 13.9. The summed E-state index contributed by atoms with van der Waals surface area (Å²) in [6.07, 6.45) is 4.56. The molecule has 1 aliphatic rings. The van der Waals surface area contributed by atoms with Crippen molar-refractivity contribution in [3.63, 3.8) is 0 Å². The smallest absolute Gasteiger partial charge is 0.307 e. The van der Waals surface area contributed by atoms with E-state index in [0.717, 1.165) is 35.3 Å². The summed E-state index contributed by atoms with van der Waals surface area (Å²) in [6, 6.07) is 0.251. The molecule has 0 spiro atoms. The highest BCUT2D eigenvalue weighted by molar-refractivity contribution is 7.99. The second kappa shape index (κ2) is 6.15. The van der Waals surface area contributed by atoms with Gasteiger partial charge in [-0.3, -0.25) is 14.1 Å². The summed E-state index contributed by atoms with van der Waals surface area (Å²) in [5.41, 5.74) is 1.07. The minimum absolute atomic E-state index is 0.131. The van der Waals surface area contributed by atoms with Crippen LogP contribution in [0.4, 0.5) is 0 Å². The van der Waals surface area contributed by atoms with Crippen molar-refractivity contribution in [2.24, 2.45) is 0 Å². The minimum atomic E-state index is -0.131. The van der Waals surface area contributed by atoms with Crippen LogP contribution in [0.1, 0.15) is 12.1 Å². The molecular formula is C13H17N3O2S2. The molecule has 2 aromatic rings. The molecule has 1 atom stereocenters. The quantitative estimate of drug-likeness (QED) is 0.807. The molecule has 0 bridgehead atoms. The van der Waals surface area contributed by atoms with E-state index in [1.165, 1.54) is 7.11 Å². The van der Waals surface area contributed by atoms with Gasteiger partial charge < -0.3 is 4.74 Å². The number of carbonyl (C=O) groups is 1. The third kappa shape index (κ3) is 2.99. The molecule has 0 N–H and O–H groups in total. The summed E-state index contributed by atoms with van der Waals surface area (Å²) >= 11 is 3.54. The van der Waals surface area contributed by atoms with Crippen molar-refractivity contribution in [1.29, 1.82) is 0 Å². The molecule has 108 valence electrons. The molecule has 1 aliphatic heterocycles. The van der Waals surface area contributed by atoms with Gasteiger partial charge in [0.25, 0.3) is 0 Å². The van der Waals surface area contributed by atoms with E-state index in [1.807, 2.05) is 27.7 Å². The standard InChI is InChI=1S/C13H17N3O2S2/c1-18-12(17)6-11-9-19-4-2-15(11)7-10-8-16-3-5-20-13(16)14-10/h3,5,8,11H,2,4,6-7,9H2,1H3/t11-/m1/s1. The van der Waals surface area contributed by atoms with Gasteiger partial charge in [-0.2, -0.15) is 11.8 Å². The molecule has 0 unspecified atom stereocenters. The number of fused-ring (bicyclic) bond motifs is 1. The van der Waals surface area contributed by atoms with Crippen molar-refractivity contribution in [2.45, 2.75) is 19.0 Å². The maximum atomic E-state index is 11.5. The van der Waals surface area contributed by atoms with Gasteiger partial charge in [0, 0.05) is 48.4 Å². The number of hydrogen-bond donors (Lipinski definition) is 0. The first-order valence-corrected chi connectivity index (χ1v) is 8.59. The molecule has 2 aromatic heterocycles. The van der Waals surface area contributed by atoms with Crippen LogP contribution in [0.25, 0.3) is 4.96 Å². The second-order valence-electron chi connectivity index (χ2n) is 4.80. The molecule has 0 amide bonds. The Bertz CT molecular complexity index is 567. The average Bonchev–Trinajstić information content (AvgIpc) is 3.01. The lowest BCUT2D eigenvalue weighted by molar-refractivity contribution is -0.141. The Morgan fingerprint density at radius 2 is 2.50 bits per heavy atom. The fraction of sp³-hybridized carbons (Fsp3) is 0.538. The molecule has 1 saturated heterocycles. The lowest BCUT2D eigenvalue weighted by atomic mass is 10.2. The molecule has 7 heteroatoms. The summed E-state index contributed by atoms with van der Waals surface area (Å²) in [6.45, 7) is 1.80. The third-order valence-corrected chi connectivity index (χ3v) is 5.35. The average molecular weight is 311 g/mol. The van der Waals surface area contributed by atoms with Crippen molar-refractivity contribution in [3.05, 3.63) is 23.5 Å². The zero-order chi connectivity index (χ0) is 13.9. The Kier molecular flexibility index (Phi) is 4.28. The van der Waals surface area contributed by atoms with Crippen LogP contribution in [0.15, 0.2) is 17.8 Å². The number of methoxy groups -OCH3 is 1. The van der Waals surface area contributed by atoms with Crippen LogP contribution >= 0.6 is 23.1 Å². The molecule has 20 heavy (non-hydrogen) atoms. The highest BCUT2D eigenvalue weighted by Gasteiger charge is 2.26. The van der Waals surface area contributed by atoms with E-state index in [1.54, 1.807) is 11.3 Å². The van der Waals surface area contributed by atoms with Gasteiger partial charge in [-0.15, -0.1) is 11.3 Å². The van der Waals surface area contributed by atoms with E-state index >= 15 is 0 Å². The van der Waals surface area contributed by atoms with E-state index in [4.69, 9.17) is 4.74 Å². The van der Waals surface area contributed by atoms with E-state index < -0.39 is 0 Å². The summed E-state index contributed by atoms with van der Waals surface area (Å²) in [7, 11) is 1.45. The first-order valence-electron chi connectivity index (χ1n) is 6.56. The topological polar surface area (TPSA) is 46.8 Å². The number of imidazole rings is 1. The normalized spacial score (nSPS) is 20.4. The molecule has 1 fully saturated rings. The highest BCUT2D eigenvalue weighted by Crippen LogP contribution is 2.22. The highest BCUT2D eigenvalue weighted by atomic mass is 32.2. The Hall–Kier alpha value is -1.05. The van der Waals surface area contributed by atoms with Gasteiger partial charge in [-0.25, -0.2) is 4.98 Å². The van der Waals surface area contributed by atoms with Crippen molar-refractivity contribution in [1.82, 2.24) is 14.3 Å². The lowest BCUT2D eigenvalue weighted by Crippen LogP contribution is -2.43. The molecule has 0 aliphatic carbocycles. The Morgan fingerprint density at radius 3 is 3.30 bits per heavy atom. The van der Waals surface area contributed by atoms with Crippen molar-refractivity contribution < 1.29 is 9.53 Å². The van der Waals surface area contributed by atoms with Gasteiger partial charge in [-0.1, -0.05) is 0 Å². The number of rotatable bonds is 4. The minimum Gasteiger partial charge on any atom is -0.469 e. The number of ether oxygens (including phenoxy) is 1. The molecule has 0 radical (unpaired) electrons. The Labute approximate surface area is 125 Å². The predicted molar refractivity (Wildman–Crippen MR) is 81.2 cm³/mol. The number of hydrogen-bond acceptors (Lipinski definition) is 6. The fourth-order valence-corrected chi connectivity index (χ4v) is 4.27. The van der Waals surface area contributed by atoms with E-state index in [0.29, 0.717) is 6.42 Å². The van der Waals surface area contributed by atoms with Crippen LogP contribution in [0.3, 0.4) is 0 Å². The van der Waals surface area contributed by atoms with Crippen molar-refractivity contribution in [2.75, 3.05) is 25.2 Å². The number of aromatic nitrogens is 2. The number of carbonyl (C=O) groups excluding carboxylic acids is 1. The van der Waals surface area contributed by atoms with Gasteiger partial charge in [0.2, 0.25) is 0 Å². The van der Waals surface area contributed by atoms with Crippen LogP contribution in [0.5, 0.6) is 0 Å². The van der Waals surface area contributed by atoms with E-state index in [-0.39, 0.29) is 12.0 Å². The molecule has 5 nitrogen and oxygen atoms in total. The SMILES string of the molecule is COC(=O)C[C@@H]1CSCCN1Cc1cn2ccsc2n1. The fourth-order valence-electron chi connectivity index (χ4n) is 2.42. The Morgan fingerprint density at radius 1 is 1.60 bits per heavy atom. The molecule has 3 rings (SSSR count). The summed E-state index contributed by atoms with van der Waals surface area (Å²) in [5, 5.41) is 2.03. The second-order valence-corrected chi connectivity index (χ2v) is 6.83. The third-order valence-electron chi connectivity index (χ3n) is 3.49. The van der Waals surface area contributed by atoms with Gasteiger partial charge in [0.1, 0.15) is 0 Å². The maximum Gasteiger partial charge on any atom is 0.307 e. The monoisotopic (exact) mass is 311 g/mol. The number of thioether (sulfide) groups is 1. The van der Waals surface area contributed by atoms with Crippen molar-refractivity contribution in [3.8, 4) is 0 Å². The molecule has 0 saturated carbocycles. The summed E-state index contributed by atoms with van der Waals surface area (Å²) in [4.78, 5) is 19.5. The van der Waals surface area contributed by atoms with Gasteiger partial charge in [0.15, 0.2) is 4.96 Å². The van der Waals surface area contributed by atoms with Crippen LogP contribution in [-0.2, 0) is 16.1 Å². The summed E-state index contributed by atoms with van der Waals surface area (Å²) < 4.78 is 6.84. The number of nitrogens with zero attached hydrogens (tertiary/aromatic N) is 3. The predicted octanol–water partition coefficient (Wildman–Crippen LogP) is 1.88. The zero-order valence-corrected chi connectivity index (χ0v) is 13.0. The Balaban J connectivity index is 1.69. The first-order chi connectivity index (χ1) is 9.76. The van der Waals surface area contributed by atoms with E-state index in [2.05, 4.69) is 16.1 Å². The zero-order valence-electron chi connectivity index (χ0n) is 11.3. The van der Waals surface area contributed by atoms with E-state index in [9.17, 15) is 4.79 Å². The van der Waals surface area contributed by atoms with Crippen LogP contribution in [-0.4, -0.2) is 51.5 Å². The molecular weight excluding hydrogens is 294 g/mol. The summed E-state index contributed by atoms with van der Waals surface area (Å²) in [5.74, 6) is 1.96. The number of esters is 1. The van der Waals surface area contributed by atoms with Crippen molar-refractivity contribution >= 4 is 34.0 Å². The van der Waals surface area contributed by atoms with Crippen LogP contribution in [0.2, 0.25) is 0 Å². The molecule has 0 aromatic carbocycles. The largest absolute Gasteiger partial charge is 0.469 e. The van der Waals surface area contributed by atoms with Gasteiger partial charge in [0.05, 0.1) is 19.2 Å². The maximum absolute atomic E-state index is 11.5. The lowest BCUT2D eigenvalue weighted by Gasteiger charge is -2.34. The van der Waals surface area contributed by atoms with Crippen LogP contribution in [0, 0.1) is 0 Å². The van der Waals surface area contributed by atoms with Gasteiger partial charge >= 0.3 is 5.97 Å². The van der Waals surface area contributed by atoms with Gasteiger partial charge in [-0.05, 0) is 0 Å². The number of thiazole rings is 1. The van der Waals surface area contributed by atoms with Crippen LogP contribution < -0.4 is 0 Å². The molecule has 3 heterocycles.